The second kappa shape index (κ2) is 12.5. The topological polar surface area (TPSA) is 105 Å². The molecule has 3 N–H and O–H groups in total. The van der Waals surface area contributed by atoms with Gasteiger partial charge >= 0.3 is 0 Å². The molecule has 1 heterocycles. The van der Waals surface area contributed by atoms with E-state index in [1.165, 1.54) is 30.6 Å². The Bertz CT molecular complexity index is 1310. The maximum atomic E-state index is 13.2. The van der Waals surface area contributed by atoms with Crippen LogP contribution < -0.4 is 15.4 Å². The molecule has 0 aliphatic heterocycles. The van der Waals surface area contributed by atoms with E-state index < -0.39 is 11.9 Å². The number of benzene rings is 3. The molecular weight excluding hydrogens is 475 g/mol. The van der Waals surface area contributed by atoms with Crippen molar-refractivity contribution in [3.8, 4) is 11.5 Å². The van der Waals surface area contributed by atoms with Gasteiger partial charge in [-0.25, -0.2) is 9.37 Å². The van der Waals surface area contributed by atoms with Crippen molar-refractivity contribution in [3.05, 3.63) is 108 Å². The Hall–Kier alpha value is -4.50. The van der Waals surface area contributed by atoms with Gasteiger partial charge in [0.1, 0.15) is 23.4 Å². The first kappa shape index (κ1) is 25.6. The van der Waals surface area contributed by atoms with Crippen LogP contribution in [0.1, 0.15) is 16.8 Å². The molecule has 0 radical (unpaired) electrons. The molecule has 4 rings (SSSR count). The molecule has 0 aliphatic rings. The molecule has 0 bridgehead atoms. The summed E-state index contributed by atoms with van der Waals surface area (Å²) in [4.78, 5) is 32.5. The minimum atomic E-state index is -0.923. The van der Waals surface area contributed by atoms with Crippen LogP contribution in [0, 0.1) is 12.7 Å². The Morgan fingerprint density at radius 2 is 1.78 bits per heavy atom. The van der Waals surface area contributed by atoms with Gasteiger partial charge < -0.3 is 25.1 Å². The number of imidazole rings is 1. The highest BCUT2D eigenvalue weighted by atomic mass is 19.1. The van der Waals surface area contributed by atoms with Gasteiger partial charge in [-0.15, -0.1) is 0 Å². The van der Waals surface area contributed by atoms with E-state index in [1.807, 2.05) is 37.3 Å². The molecule has 37 heavy (non-hydrogen) atoms. The molecule has 8 nitrogen and oxygen atoms in total. The molecule has 3 aromatic carbocycles. The van der Waals surface area contributed by atoms with Crippen molar-refractivity contribution in [2.24, 2.45) is 0 Å². The molecule has 4 aromatic rings. The summed E-state index contributed by atoms with van der Waals surface area (Å²) in [5.41, 5.74) is 2.90. The molecule has 0 spiro atoms. The number of H-pyrrole nitrogens is 1. The zero-order valence-corrected chi connectivity index (χ0v) is 20.2. The lowest BCUT2D eigenvalue weighted by Crippen LogP contribution is -2.47. The minimum absolute atomic E-state index is 0.0136. The van der Waals surface area contributed by atoms with Crippen LogP contribution in [0.5, 0.6) is 11.5 Å². The summed E-state index contributed by atoms with van der Waals surface area (Å²) in [6.45, 7) is 2.11. The Morgan fingerprint density at radius 1 is 1.03 bits per heavy atom. The predicted molar refractivity (Wildman–Crippen MR) is 137 cm³/mol. The summed E-state index contributed by atoms with van der Waals surface area (Å²) in [5.74, 6) is -0.0692. The van der Waals surface area contributed by atoms with Crippen LogP contribution in [0.4, 0.5) is 10.1 Å². The summed E-state index contributed by atoms with van der Waals surface area (Å²) >= 11 is 0. The zero-order chi connectivity index (χ0) is 26.0. The van der Waals surface area contributed by atoms with Crippen LogP contribution in [-0.4, -0.2) is 34.4 Å². The highest BCUT2D eigenvalue weighted by Gasteiger charge is 2.22. The number of hydrogen-bond donors (Lipinski definition) is 3. The Balaban J connectivity index is 1.40. The summed E-state index contributed by atoms with van der Waals surface area (Å²) in [6.07, 6.45) is 3.10. The number of aromatic nitrogens is 2. The fourth-order valence-electron chi connectivity index (χ4n) is 3.55. The van der Waals surface area contributed by atoms with Crippen molar-refractivity contribution in [2.45, 2.75) is 26.0 Å². The molecule has 9 heteroatoms. The number of nitrogens with one attached hydrogen (secondary N) is 3. The van der Waals surface area contributed by atoms with Crippen LogP contribution in [0.2, 0.25) is 0 Å². The average Bonchev–Trinajstić information content (AvgIpc) is 3.40. The molecule has 0 aliphatic carbocycles. The number of hydrogen-bond acceptors (Lipinski definition) is 5. The van der Waals surface area contributed by atoms with E-state index in [2.05, 4.69) is 20.6 Å². The van der Waals surface area contributed by atoms with Crippen LogP contribution in [0.3, 0.4) is 0 Å². The number of halogens is 1. The van der Waals surface area contributed by atoms with Gasteiger partial charge in [-0.05, 0) is 60.5 Å². The van der Waals surface area contributed by atoms with Crippen LogP contribution in [0.15, 0.2) is 85.3 Å². The zero-order valence-electron chi connectivity index (χ0n) is 20.2. The van der Waals surface area contributed by atoms with Crippen molar-refractivity contribution in [1.82, 2.24) is 15.3 Å². The predicted octanol–water partition coefficient (Wildman–Crippen LogP) is 4.53. The molecule has 190 valence electrons. The molecule has 1 atom stereocenters. The van der Waals surface area contributed by atoms with Gasteiger partial charge in [0.25, 0.3) is 0 Å². The Labute approximate surface area is 213 Å². The molecular formula is C28H27FN4O4. The second-order valence-electron chi connectivity index (χ2n) is 8.40. The summed E-state index contributed by atoms with van der Waals surface area (Å²) in [6, 6.07) is 19.5. The summed E-state index contributed by atoms with van der Waals surface area (Å²) < 4.78 is 24.6. The lowest BCUT2D eigenvalue weighted by Gasteiger charge is -2.20. The lowest BCUT2D eigenvalue weighted by molar-refractivity contribution is -0.127. The smallest absolute Gasteiger partial charge is 0.249 e. The van der Waals surface area contributed by atoms with Gasteiger partial charge in [0.15, 0.2) is 0 Å². The molecule has 0 saturated carbocycles. The van der Waals surface area contributed by atoms with E-state index in [9.17, 15) is 14.0 Å². The van der Waals surface area contributed by atoms with Gasteiger partial charge in [0, 0.05) is 17.6 Å². The number of anilines is 1. The van der Waals surface area contributed by atoms with Crippen LogP contribution in [0.25, 0.3) is 0 Å². The minimum Gasteiger partial charge on any atom is -0.457 e. The highest BCUT2D eigenvalue weighted by molar-refractivity contribution is 5.98. The van der Waals surface area contributed by atoms with Crippen LogP contribution >= 0.6 is 0 Å². The van der Waals surface area contributed by atoms with E-state index in [4.69, 9.17) is 9.47 Å². The third-order valence-corrected chi connectivity index (χ3v) is 5.46. The lowest BCUT2D eigenvalue weighted by atomic mass is 10.1. The average molecular weight is 503 g/mol. The monoisotopic (exact) mass is 502 g/mol. The molecule has 2 amide bonds. The number of amides is 2. The molecule has 0 fully saturated rings. The maximum Gasteiger partial charge on any atom is 0.249 e. The molecule has 1 aromatic heterocycles. The van der Waals surface area contributed by atoms with Crippen molar-refractivity contribution in [3.63, 3.8) is 0 Å². The largest absolute Gasteiger partial charge is 0.457 e. The van der Waals surface area contributed by atoms with Gasteiger partial charge in [-0.2, -0.15) is 0 Å². The second-order valence-corrected chi connectivity index (χ2v) is 8.40. The van der Waals surface area contributed by atoms with E-state index in [-0.39, 0.29) is 24.8 Å². The molecule has 0 saturated heterocycles. The Kier molecular flexibility index (Phi) is 8.62. The third kappa shape index (κ3) is 7.74. The normalized spacial score (nSPS) is 11.5. The molecule has 1 unspecified atom stereocenters. The van der Waals surface area contributed by atoms with Gasteiger partial charge in [-0.1, -0.05) is 30.3 Å². The van der Waals surface area contributed by atoms with E-state index >= 15 is 0 Å². The fourth-order valence-corrected chi connectivity index (χ4v) is 3.55. The number of carbonyl (C=O) groups is 2. The quantitative estimate of drug-likeness (QED) is 0.279. The first-order valence-corrected chi connectivity index (χ1v) is 11.7. The highest BCUT2D eigenvalue weighted by Crippen LogP contribution is 2.26. The number of nitrogens with zero attached hydrogens (tertiary/aromatic N) is 1. The fraction of sp³-hybridized carbons (Fsp3) is 0.179. The van der Waals surface area contributed by atoms with Gasteiger partial charge in [0.2, 0.25) is 11.8 Å². The standard InChI is InChI=1S/C28H27FN4O4/c1-19-13-24(37-23-9-7-21(29)8-10-23)11-12-25(19)33-28(35)26(17-36-16-20-5-3-2-4-6-20)32-27(34)14-22-15-30-18-31-22/h2-13,15,18,26H,14,16-17H2,1H3,(H,30,31)(H,32,34)(H,33,35). The number of aromatic amines is 1. The van der Waals surface area contributed by atoms with Crippen molar-refractivity contribution < 1.29 is 23.5 Å². The third-order valence-electron chi connectivity index (χ3n) is 5.46. The van der Waals surface area contributed by atoms with Gasteiger partial charge in [-0.3, -0.25) is 9.59 Å². The van der Waals surface area contributed by atoms with E-state index in [0.29, 0.717) is 29.5 Å². The SMILES string of the molecule is Cc1cc(Oc2ccc(F)cc2)ccc1NC(=O)C(COCc1ccccc1)NC(=O)Cc1cnc[nH]1. The van der Waals surface area contributed by atoms with E-state index in [1.54, 1.807) is 24.4 Å². The number of rotatable bonds is 11. The van der Waals surface area contributed by atoms with Gasteiger partial charge in [0.05, 0.1) is 26.0 Å². The Morgan fingerprint density at radius 3 is 2.49 bits per heavy atom. The van der Waals surface area contributed by atoms with Crippen molar-refractivity contribution in [1.29, 1.82) is 0 Å². The maximum absolute atomic E-state index is 13.2. The van der Waals surface area contributed by atoms with E-state index in [0.717, 1.165) is 11.1 Å². The number of ether oxygens (including phenoxy) is 2. The van der Waals surface area contributed by atoms with Crippen LogP contribution in [-0.2, 0) is 27.4 Å². The summed E-state index contributed by atoms with van der Waals surface area (Å²) in [5, 5.41) is 5.61. The van der Waals surface area contributed by atoms with Crippen molar-refractivity contribution in [2.75, 3.05) is 11.9 Å². The first-order valence-electron chi connectivity index (χ1n) is 11.7. The summed E-state index contributed by atoms with van der Waals surface area (Å²) in [7, 11) is 0. The number of carbonyl (C=O) groups excluding carboxylic acids is 2. The van der Waals surface area contributed by atoms with Crippen molar-refractivity contribution >= 4 is 17.5 Å². The number of aryl methyl sites for hydroxylation is 1. The first-order chi connectivity index (χ1) is 18.0.